The maximum atomic E-state index is 11.8. The van der Waals surface area contributed by atoms with E-state index >= 15 is 0 Å². The first kappa shape index (κ1) is 14.7. The van der Waals surface area contributed by atoms with Crippen LogP contribution in [0.15, 0.2) is 30.3 Å². The van der Waals surface area contributed by atoms with Crippen LogP contribution in [0.3, 0.4) is 0 Å². The second-order valence-corrected chi connectivity index (χ2v) is 4.74. The molecule has 0 aliphatic carbocycles. The van der Waals surface area contributed by atoms with Gasteiger partial charge in [-0.2, -0.15) is 0 Å². The van der Waals surface area contributed by atoms with Crippen LogP contribution in [0.2, 0.25) is 0 Å². The summed E-state index contributed by atoms with van der Waals surface area (Å²) in [5.41, 5.74) is 1.27. The Hall–Kier alpha value is -1.35. The highest BCUT2D eigenvalue weighted by Gasteiger charge is 2.09. The van der Waals surface area contributed by atoms with E-state index < -0.39 is 0 Å². The standard InChI is InChI=1S/C15H24N2O/c1-4-13(2)16-12-15(18)17(3)11-10-14-8-6-5-7-9-14/h5-9,13,16H,4,10-12H2,1-3H3. The van der Waals surface area contributed by atoms with Gasteiger partial charge >= 0.3 is 0 Å². The van der Waals surface area contributed by atoms with Gasteiger partial charge in [-0.3, -0.25) is 4.79 Å². The molecule has 0 saturated carbocycles. The predicted molar refractivity (Wildman–Crippen MR) is 75.5 cm³/mol. The van der Waals surface area contributed by atoms with Crippen LogP contribution in [0, 0.1) is 0 Å². The van der Waals surface area contributed by atoms with E-state index in [9.17, 15) is 4.79 Å². The van der Waals surface area contributed by atoms with Crippen molar-refractivity contribution < 1.29 is 4.79 Å². The van der Waals surface area contributed by atoms with E-state index in [0.717, 1.165) is 19.4 Å². The fourth-order valence-electron chi connectivity index (χ4n) is 1.61. The van der Waals surface area contributed by atoms with Crippen LogP contribution < -0.4 is 5.32 Å². The van der Waals surface area contributed by atoms with Crippen molar-refractivity contribution in [1.29, 1.82) is 0 Å². The Bertz CT molecular complexity index is 351. The minimum absolute atomic E-state index is 0.159. The third-order valence-electron chi connectivity index (χ3n) is 3.22. The Kier molecular flexibility index (Phi) is 6.44. The van der Waals surface area contributed by atoms with Crippen molar-refractivity contribution in [2.45, 2.75) is 32.7 Å². The SMILES string of the molecule is CCC(C)NCC(=O)N(C)CCc1ccccc1. The van der Waals surface area contributed by atoms with Gasteiger partial charge in [-0.05, 0) is 25.3 Å². The number of carbonyl (C=O) groups excluding carboxylic acids is 1. The lowest BCUT2D eigenvalue weighted by atomic mass is 10.1. The van der Waals surface area contributed by atoms with Crippen molar-refractivity contribution in [3.05, 3.63) is 35.9 Å². The third-order valence-corrected chi connectivity index (χ3v) is 3.22. The second-order valence-electron chi connectivity index (χ2n) is 4.74. The maximum Gasteiger partial charge on any atom is 0.236 e. The number of nitrogens with one attached hydrogen (secondary N) is 1. The van der Waals surface area contributed by atoms with E-state index in [2.05, 4.69) is 31.3 Å². The summed E-state index contributed by atoms with van der Waals surface area (Å²) in [5, 5.41) is 3.22. The minimum atomic E-state index is 0.159. The van der Waals surface area contributed by atoms with Gasteiger partial charge in [0.15, 0.2) is 0 Å². The van der Waals surface area contributed by atoms with Crippen LogP contribution >= 0.6 is 0 Å². The zero-order valence-electron chi connectivity index (χ0n) is 11.6. The highest BCUT2D eigenvalue weighted by atomic mass is 16.2. The van der Waals surface area contributed by atoms with Gasteiger partial charge in [0.1, 0.15) is 0 Å². The molecule has 3 nitrogen and oxygen atoms in total. The number of likely N-dealkylation sites (N-methyl/N-ethyl adjacent to an activating group) is 1. The van der Waals surface area contributed by atoms with E-state index in [1.165, 1.54) is 5.56 Å². The van der Waals surface area contributed by atoms with Gasteiger partial charge in [-0.25, -0.2) is 0 Å². The zero-order valence-corrected chi connectivity index (χ0v) is 11.6. The number of nitrogens with zero attached hydrogens (tertiary/aromatic N) is 1. The summed E-state index contributed by atoms with van der Waals surface area (Å²) in [4.78, 5) is 13.6. The van der Waals surface area contributed by atoms with E-state index in [1.807, 2.05) is 25.2 Å². The molecule has 0 fully saturated rings. The molecule has 3 heteroatoms. The van der Waals surface area contributed by atoms with Crippen molar-refractivity contribution >= 4 is 5.91 Å². The molecule has 1 unspecified atom stereocenters. The molecule has 0 radical (unpaired) electrons. The molecule has 1 atom stereocenters. The van der Waals surface area contributed by atoms with Crippen molar-refractivity contribution in [1.82, 2.24) is 10.2 Å². The number of hydrogen-bond donors (Lipinski definition) is 1. The third kappa shape index (κ3) is 5.32. The number of amides is 1. The zero-order chi connectivity index (χ0) is 13.4. The number of rotatable bonds is 7. The van der Waals surface area contributed by atoms with Gasteiger partial charge in [0, 0.05) is 19.6 Å². The van der Waals surface area contributed by atoms with Gasteiger partial charge < -0.3 is 10.2 Å². The Morgan fingerprint density at radius 3 is 2.61 bits per heavy atom. The first-order valence-corrected chi connectivity index (χ1v) is 6.64. The number of benzene rings is 1. The molecular weight excluding hydrogens is 224 g/mol. The van der Waals surface area contributed by atoms with Crippen LogP contribution in [0.25, 0.3) is 0 Å². The Labute approximate surface area is 110 Å². The summed E-state index contributed by atoms with van der Waals surface area (Å²) in [6.07, 6.45) is 1.95. The van der Waals surface area contributed by atoms with Gasteiger partial charge in [0.2, 0.25) is 5.91 Å². The van der Waals surface area contributed by atoms with E-state index in [-0.39, 0.29) is 5.91 Å². The first-order valence-electron chi connectivity index (χ1n) is 6.64. The molecule has 0 heterocycles. The molecule has 0 saturated heterocycles. The van der Waals surface area contributed by atoms with Gasteiger partial charge in [0.25, 0.3) is 0 Å². The highest BCUT2D eigenvalue weighted by Crippen LogP contribution is 2.00. The molecule has 0 bridgehead atoms. The molecule has 0 spiro atoms. The summed E-state index contributed by atoms with van der Waals surface area (Å²) in [5.74, 6) is 0.159. The van der Waals surface area contributed by atoms with Crippen molar-refractivity contribution in [2.24, 2.45) is 0 Å². The van der Waals surface area contributed by atoms with Gasteiger partial charge in [-0.15, -0.1) is 0 Å². The average molecular weight is 248 g/mol. The molecule has 1 amide bonds. The Morgan fingerprint density at radius 1 is 1.33 bits per heavy atom. The number of carbonyl (C=O) groups is 1. The number of hydrogen-bond acceptors (Lipinski definition) is 2. The molecule has 1 rings (SSSR count). The normalized spacial score (nSPS) is 12.2. The summed E-state index contributed by atoms with van der Waals surface area (Å²) < 4.78 is 0. The largest absolute Gasteiger partial charge is 0.344 e. The molecule has 1 aromatic carbocycles. The lowest BCUT2D eigenvalue weighted by Crippen LogP contribution is -2.39. The summed E-state index contributed by atoms with van der Waals surface area (Å²) in [6.45, 7) is 5.41. The quantitative estimate of drug-likeness (QED) is 0.801. The first-order chi connectivity index (χ1) is 8.63. The molecule has 1 N–H and O–H groups in total. The smallest absolute Gasteiger partial charge is 0.236 e. The fraction of sp³-hybridized carbons (Fsp3) is 0.533. The monoisotopic (exact) mass is 248 g/mol. The Morgan fingerprint density at radius 2 is 2.00 bits per heavy atom. The van der Waals surface area contributed by atoms with Gasteiger partial charge in [0.05, 0.1) is 6.54 Å². The Balaban J connectivity index is 2.27. The van der Waals surface area contributed by atoms with E-state index in [1.54, 1.807) is 4.90 Å². The van der Waals surface area contributed by atoms with Crippen LogP contribution in [-0.2, 0) is 11.2 Å². The van der Waals surface area contributed by atoms with E-state index in [0.29, 0.717) is 12.6 Å². The summed E-state index contributed by atoms with van der Waals surface area (Å²) in [7, 11) is 1.86. The molecule has 18 heavy (non-hydrogen) atoms. The molecule has 0 aliphatic heterocycles. The molecule has 0 aliphatic rings. The molecular formula is C15H24N2O. The van der Waals surface area contributed by atoms with Crippen LogP contribution in [0.4, 0.5) is 0 Å². The average Bonchev–Trinajstić information content (AvgIpc) is 2.42. The predicted octanol–water partition coefficient (Wildman–Crippen LogP) is 2.08. The minimum Gasteiger partial charge on any atom is -0.344 e. The van der Waals surface area contributed by atoms with Crippen LogP contribution in [-0.4, -0.2) is 37.0 Å². The molecule has 0 aromatic heterocycles. The van der Waals surface area contributed by atoms with Crippen LogP contribution in [0.1, 0.15) is 25.8 Å². The van der Waals surface area contributed by atoms with Crippen molar-refractivity contribution in [3.63, 3.8) is 0 Å². The lowest BCUT2D eigenvalue weighted by Gasteiger charge is -2.19. The van der Waals surface area contributed by atoms with Crippen molar-refractivity contribution in [3.8, 4) is 0 Å². The fourth-order valence-corrected chi connectivity index (χ4v) is 1.61. The van der Waals surface area contributed by atoms with Crippen LogP contribution in [0.5, 0.6) is 0 Å². The maximum absolute atomic E-state index is 11.8. The van der Waals surface area contributed by atoms with Crippen molar-refractivity contribution in [2.75, 3.05) is 20.1 Å². The summed E-state index contributed by atoms with van der Waals surface area (Å²) >= 11 is 0. The lowest BCUT2D eigenvalue weighted by molar-refractivity contribution is -0.129. The highest BCUT2D eigenvalue weighted by molar-refractivity contribution is 5.78. The topological polar surface area (TPSA) is 32.3 Å². The molecule has 1 aromatic rings. The summed E-state index contributed by atoms with van der Waals surface area (Å²) in [6, 6.07) is 10.7. The van der Waals surface area contributed by atoms with Gasteiger partial charge in [-0.1, -0.05) is 37.3 Å². The molecule has 100 valence electrons. The second kappa shape index (κ2) is 7.88. The van der Waals surface area contributed by atoms with E-state index in [4.69, 9.17) is 0 Å².